The Morgan fingerprint density at radius 2 is 1.95 bits per heavy atom. The molecule has 20 heavy (non-hydrogen) atoms. The van der Waals surface area contributed by atoms with Gasteiger partial charge in [0.2, 0.25) is 0 Å². The van der Waals surface area contributed by atoms with Crippen LogP contribution in [0.5, 0.6) is 0 Å². The summed E-state index contributed by atoms with van der Waals surface area (Å²) in [6.07, 6.45) is 6.45. The molecule has 6 nitrogen and oxygen atoms in total. The van der Waals surface area contributed by atoms with Crippen molar-refractivity contribution in [3.63, 3.8) is 0 Å². The Labute approximate surface area is 118 Å². The maximum absolute atomic E-state index is 6.11. The maximum Gasteiger partial charge on any atom is 0.169 e. The van der Waals surface area contributed by atoms with Crippen LogP contribution in [0.2, 0.25) is 0 Å². The molecule has 2 aliphatic heterocycles. The highest BCUT2D eigenvalue weighted by Crippen LogP contribution is 2.45. The van der Waals surface area contributed by atoms with Gasteiger partial charge in [-0.3, -0.25) is 0 Å². The van der Waals surface area contributed by atoms with Crippen molar-refractivity contribution in [2.75, 3.05) is 25.6 Å². The van der Waals surface area contributed by atoms with Gasteiger partial charge in [-0.2, -0.15) is 0 Å². The van der Waals surface area contributed by atoms with Gasteiger partial charge in [0.15, 0.2) is 5.82 Å². The van der Waals surface area contributed by atoms with Crippen molar-refractivity contribution in [1.82, 2.24) is 15.0 Å². The monoisotopic (exact) mass is 278 g/mol. The smallest absolute Gasteiger partial charge is 0.169 e. The van der Waals surface area contributed by atoms with Crippen LogP contribution in [0.1, 0.15) is 56.2 Å². The van der Waals surface area contributed by atoms with E-state index in [0.29, 0.717) is 17.8 Å². The van der Waals surface area contributed by atoms with Gasteiger partial charge in [0.05, 0.1) is 17.3 Å². The second-order valence-electron chi connectivity index (χ2n) is 6.37. The number of anilines is 1. The van der Waals surface area contributed by atoms with Crippen LogP contribution in [0, 0.1) is 0 Å². The first kappa shape index (κ1) is 12.6. The lowest BCUT2D eigenvalue weighted by molar-refractivity contribution is -0.145. The van der Waals surface area contributed by atoms with Crippen LogP contribution >= 0.6 is 0 Å². The molecule has 0 radical (unpaired) electrons. The zero-order valence-corrected chi connectivity index (χ0v) is 11.8. The zero-order chi connectivity index (χ0) is 13.6. The minimum Gasteiger partial charge on any atom is -0.381 e. The molecule has 1 aromatic heterocycles. The van der Waals surface area contributed by atoms with E-state index < -0.39 is 0 Å². The highest BCUT2D eigenvalue weighted by molar-refractivity contribution is 5.38. The van der Waals surface area contributed by atoms with E-state index in [2.05, 4.69) is 15.0 Å². The number of rotatable bonds is 2. The number of ether oxygens (including phenoxy) is 2. The summed E-state index contributed by atoms with van der Waals surface area (Å²) in [7, 11) is 0. The number of aromatic nitrogens is 3. The van der Waals surface area contributed by atoms with Gasteiger partial charge in [-0.1, -0.05) is 5.21 Å². The molecular formula is C14H22N4O2. The summed E-state index contributed by atoms with van der Waals surface area (Å²) in [6, 6.07) is 0.377. The van der Waals surface area contributed by atoms with Crippen molar-refractivity contribution in [1.29, 1.82) is 0 Å². The Kier molecular flexibility index (Phi) is 2.96. The average Bonchev–Trinajstić information content (AvgIpc) is 3.22. The summed E-state index contributed by atoms with van der Waals surface area (Å²) >= 11 is 0. The number of hydrogen-bond acceptors (Lipinski definition) is 5. The molecule has 2 N–H and O–H groups in total. The molecule has 3 aliphatic rings. The third-order valence-corrected chi connectivity index (χ3v) is 4.94. The fourth-order valence-electron chi connectivity index (χ4n) is 3.64. The molecule has 1 aromatic rings. The topological polar surface area (TPSA) is 75.2 Å². The molecule has 2 saturated heterocycles. The number of nitrogens with two attached hydrogens (primary N) is 1. The van der Waals surface area contributed by atoms with Crippen molar-refractivity contribution in [3.05, 3.63) is 5.69 Å². The Morgan fingerprint density at radius 3 is 2.70 bits per heavy atom. The fraction of sp³-hybridized carbons (Fsp3) is 0.857. The number of nitrogen functional groups attached to an aromatic ring is 1. The minimum atomic E-state index is -0.0112. The molecule has 0 bridgehead atoms. The van der Waals surface area contributed by atoms with E-state index in [1.54, 1.807) is 0 Å². The first-order valence-electron chi connectivity index (χ1n) is 7.70. The third kappa shape index (κ3) is 2.11. The predicted octanol–water partition coefficient (Wildman–Crippen LogP) is 1.64. The van der Waals surface area contributed by atoms with Crippen molar-refractivity contribution in [2.45, 2.75) is 56.1 Å². The summed E-state index contributed by atoms with van der Waals surface area (Å²) in [6.45, 7) is 2.41. The van der Waals surface area contributed by atoms with E-state index in [1.807, 2.05) is 0 Å². The Hall–Kier alpha value is -1.14. The van der Waals surface area contributed by atoms with E-state index in [-0.39, 0.29) is 5.60 Å². The summed E-state index contributed by atoms with van der Waals surface area (Å²) in [4.78, 5) is 0. The lowest BCUT2D eigenvalue weighted by Crippen LogP contribution is -2.45. The molecule has 1 atom stereocenters. The van der Waals surface area contributed by atoms with Gasteiger partial charge in [0.25, 0.3) is 0 Å². The van der Waals surface area contributed by atoms with Crippen molar-refractivity contribution < 1.29 is 9.47 Å². The van der Waals surface area contributed by atoms with Crippen LogP contribution in [-0.2, 0) is 9.47 Å². The van der Waals surface area contributed by atoms with Crippen molar-refractivity contribution in [3.8, 4) is 0 Å². The van der Waals surface area contributed by atoms with Gasteiger partial charge in [-0.05, 0) is 38.5 Å². The molecular weight excluding hydrogens is 256 g/mol. The van der Waals surface area contributed by atoms with Gasteiger partial charge < -0.3 is 15.2 Å². The predicted molar refractivity (Wildman–Crippen MR) is 73.4 cm³/mol. The first-order chi connectivity index (χ1) is 9.77. The lowest BCUT2D eigenvalue weighted by atomic mass is 9.84. The Bertz CT molecular complexity index is 486. The normalized spacial score (nSPS) is 29.7. The van der Waals surface area contributed by atoms with Crippen LogP contribution in [0.15, 0.2) is 0 Å². The van der Waals surface area contributed by atoms with Crippen LogP contribution in [-0.4, -0.2) is 40.4 Å². The molecule has 0 amide bonds. The van der Waals surface area contributed by atoms with Crippen LogP contribution < -0.4 is 5.73 Å². The lowest BCUT2D eigenvalue weighted by Gasteiger charge is -2.43. The maximum atomic E-state index is 6.11. The SMILES string of the molecule is Nc1nnn(C2CCOC3(CCOCC3)C2)c1C1CC1. The van der Waals surface area contributed by atoms with E-state index in [0.717, 1.165) is 45.5 Å². The van der Waals surface area contributed by atoms with Crippen LogP contribution in [0.25, 0.3) is 0 Å². The third-order valence-electron chi connectivity index (χ3n) is 4.94. The number of nitrogens with zero attached hydrogens (tertiary/aromatic N) is 3. The standard InChI is InChI=1S/C14H22N4O2/c15-13-12(10-1-2-10)18(17-16-13)11-3-6-20-14(9-11)4-7-19-8-5-14/h10-11H,1-9,15H2. The summed E-state index contributed by atoms with van der Waals surface area (Å²) in [5, 5.41) is 8.45. The Morgan fingerprint density at radius 1 is 1.15 bits per heavy atom. The van der Waals surface area contributed by atoms with Gasteiger partial charge in [0, 0.05) is 25.7 Å². The Balaban J connectivity index is 1.59. The molecule has 6 heteroatoms. The average molecular weight is 278 g/mol. The fourth-order valence-corrected chi connectivity index (χ4v) is 3.64. The minimum absolute atomic E-state index is 0.0112. The van der Waals surface area contributed by atoms with Crippen molar-refractivity contribution >= 4 is 5.82 Å². The second-order valence-corrected chi connectivity index (χ2v) is 6.37. The molecule has 110 valence electrons. The van der Waals surface area contributed by atoms with Gasteiger partial charge in [0.1, 0.15) is 0 Å². The molecule has 3 heterocycles. The molecule has 1 aliphatic carbocycles. The van der Waals surface area contributed by atoms with Crippen molar-refractivity contribution in [2.24, 2.45) is 0 Å². The van der Waals surface area contributed by atoms with Gasteiger partial charge >= 0.3 is 0 Å². The molecule has 1 spiro atoms. The van der Waals surface area contributed by atoms with Gasteiger partial charge in [-0.15, -0.1) is 5.10 Å². The molecule has 3 fully saturated rings. The van der Waals surface area contributed by atoms with E-state index in [9.17, 15) is 0 Å². The highest BCUT2D eigenvalue weighted by atomic mass is 16.5. The highest BCUT2D eigenvalue weighted by Gasteiger charge is 2.42. The van der Waals surface area contributed by atoms with Crippen LogP contribution in [0.3, 0.4) is 0 Å². The summed E-state index contributed by atoms with van der Waals surface area (Å²) in [5.74, 6) is 1.21. The largest absolute Gasteiger partial charge is 0.381 e. The zero-order valence-electron chi connectivity index (χ0n) is 11.8. The second kappa shape index (κ2) is 4.70. The molecule has 1 unspecified atom stereocenters. The molecule has 1 saturated carbocycles. The van der Waals surface area contributed by atoms with E-state index in [1.165, 1.54) is 18.5 Å². The quantitative estimate of drug-likeness (QED) is 0.890. The molecule has 0 aromatic carbocycles. The van der Waals surface area contributed by atoms with E-state index in [4.69, 9.17) is 15.2 Å². The van der Waals surface area contributed by atoms with Gasteiger partial charge in [-0.25, -0.2) is 4.68 Å². The van der Waals surface area contributed by atoms with E-state index >= 15 is 0 Å². The van der Waals surface area contributed by atoms with Crippen LogP contribution in [0.4, 0.5) is 5.82 Å². The summed E-state index contributed by atoms with van der Waals surface area (Å²) < 4.78 is 13.7. The molecule has 4 rings (SSSR count). The summed E-state index contributed by atoms with van der Waals surface area (Å²) in [5.41, 5.74) is 7.17. The number of hydrogen-bond donors (Lipinski definition) is 1. The first-order valence-corrected chi connectivity index (χ1v) is 7.70.